The van der Waals surface area contributed by atoms with Crippen molar-refractivity contribution in [2.75, 3.05) is 6.54 Å². The van der Waals surface area contributed by atoms with Gasteiger partial charge in [-0.15, -0.1) is 0 Å². The van der Waals surface area contributed by atoms with E-state index in [1.807, 2.05) is 0 Å². The van der Waals surface area contributed by atoms with Crippen LogP contribution in [0, 0.1) is 17.8 Å². The quantitative estimate of drug-likeness (QED) is 0.691. The second kappa shape index (κ2) is 6.95. The fourth-order valence-electron chi connectivity index (χ4n) is 6.27. The molecule has 7 nitrogen and oxygen atoms in total. The zero-order chi connectivity index (χ0) is 21.2. The number of carbonyl (C=O) groups excluding carboxylic acids is 4. The van der Waals surface area contributed by atoms with Gasteiger partial charge in [-0.1, -0.05) is 23.2 Å². The molecular formula is C21H21Cl2N3O4. The van der Waals surface area contributed by atoms with Crippen LogP contribution in [-0.4, -0.2) is 40.7 Å². The summed E-state index contributed by atoms with van der Waals surface area (Å²) in [6, 6.07) is 2.07. The number of amides is 5. The predicted molar refractivity (Wildman–Crippen MR) is 109 cm³/mol. The van der Waals surface area contributed by atoms with Crippen LogP contribution >= 0.6 is 23.2 Å². The summed E-state index contributed by atoms with van der Waals surface area (Å²) in [6.45, 7) is -0.546. The average Bonchev–Trinajstić information content (AvgIpc) is 2.85. The van der Waals surface area contributed by atoms with Crippen molar-refractivity contribution in [3.63, 3.8) is 0 Å². The molecule has 0 spiro atoms. The van der Waals surface area contributed by atoms with Crippen molar-refractivity contribution >= 4 is 47.0 Å². The third kappa shape index (κ3) is 3.28. The van der Waals surface area contributed by atoms with Crippen LogP contribution in [0.15, 0.2) is 12.1 Å². The van der Waals surface area contributed by atoms with Gasteiger partial charge in [0.1, 0.15) is 6.54 Å². The van der Waals surface area contributed by atoms with Gasteiger partial charge in [0.05, 0.1) is 21.2 Å². The largest absolute Gasteiger partial charge is 0.332 e. The number of rotatable bonds is 3. The first kappa shape index (κ1) is 19.8. The normalized spacial score (nSPS) is 31.1. The highest BCUT2D eigenvalue weighted by atomic mass is 35.5. The lowest BCUT2D eigenvalue weighted by Crippen LogP contribution is -2.62. The van der Waals surface area contributed by atoms with Crippen LogP contribution in [0.2, 0.25) is 10.0 Å². The minimum Gasteiger partial charge on any atom is -0.332 e. The molecule has 158 valence electrons. The molecule has 2 N–H and O–H groups in total. The van der Waals surface area contributed by atoms with E-state index in [0.29, 0.717) is 17.8 Å². The van der Waals surface area contributed by atoms with E-state index < -0.39 is 30.3 Å². The van der Waals surface area contributed by atoms with Crippen molar-refractivity contribution in [1.29, 1.82) is 0 Å². The fourth-order valence-corrected chi connectivity index (χ4v) is 6.60. The van der Waals surface area contributed by atoms with E-state index in [1.165, 1.54) is 31.4 Å². The Hall–Kier alpha value is -2.12. The van der Waals surface area contributed by atoms with Crippen LogP contribution in [-0.2, 0) is 4.79 Å². The van der Waals surface area contributed by atoms with Gasteiger partial charge in [0, 0.05) is 5.54 Å². The van der Waals surface area contributed by atoms with Crippen molar-refractivity contribution in [1.82, 2.24) is 15.5 Å². The van der Waals surface area contributed by atoms with Crippen molar-refractivity contribution in [3.05, 3.63) is 33.3 Å². The molecule has 0 aromatic heterocycles. The molecule has 0 atom stereocenters. The number of imide groups is 2. The Labute approximate surface area is 183 Å². The molecule has 4 aliphatic carbocycles. The van der Waals surface area contributed by atoms with Gasteiger partial charge in [0.2, 0.25) is 5.91 Å². The molecule has 0 radical (unpaired) electrons. The van der Waals surface area contributed by atoms with Gasteiger partial charge in [0.15, 0.2) is 0 Å². The molecule has 5 amide bonds. The van der Waals surface area contributed by atoms with Gasteiger partial charge in [-0.2, -0.15) is 0 Å². The van der Waals surface area contributed by atoms with Crippen LogP contribution in [0.25, 0.3) is 0 Å². The van der Waals surface area contributed by atoms with Crippen LogP contribution in [0.1, 0.15) is 59.2 Å². The lowest BCUT2D eigenvalue weighted by Gasteiger charge is -2.56. The number of urea groups is 1. The second-order valence-electron chi connectivity index (χ2n) is 9.21. The molecule has 4 saturated carbocycles. The van der Waals surface area contributed by atoms with Gasteiger partial charge < -0.3 is 5.32 Å². The van der Waals surface area contributed by atoms with Crippen molar-refractivity contribution < 1.29 is 19.2 Å². The van der Waals surface area contributed by atoms with Gasteiger partial charge >= 0.3 is 6.03 Å². The molecule has 6 rings (SSSR count). The van der Waals surface area contributed by atoms with E-state index in [2.05, 4.69) is 10.6 Å². The minimum atomic E-state index is -0.719. The van der Waals surface area contributed by atoms with Crippen molar-refractivity contribution in [2.45, 2.75) is 44.1 Å². The van der Waals surface area contributed by atoms with E-state index >= 15 is 0 Å². The number of halogens is 2. The summed E-state index contributed by atoms with van der Waals surface area (Å²) in [4.78, 5) is 50.7. The van der Waals surface area contributed by atoms with Crippen LogP contribution in [0.5, 0.6) is 0 Å². The summed E-state index contributed by atoms with van der Waals surface area (Å²) in [7, 11) is 0. The summed E-state index contributed by atoms with van der Waals surface area (Å²) in [6.07, 6.45) is 6.61. The maximum atomic E-state index is 12.5. The fraction of sp³-hybridized carbons (Fsp3) is 0.524. The van der Waals surface area contributed by atoms with Crippen molar-refractivity contribution in [3.8, 4) is 0 Å². The molecule has 1 aromatic rings. The Morgan fingerprint density at radius 3 is 1.87 bits per heavy atom. The molecule has 1 heterocycles. The molecular weight excluding hydrogens is 429 g/mol. The number of nitrogens with zero attached hydrogens (tertiary/aromatic N) is 1. The zero-order valence-corrected chi connectivity index (χ0v) is 17.7. The minimum absolute atomic E-state index is 0.0974. The maximum Gasteiger partial charge on any atom is 0.321 e. The van der Waals surface area contributed by atoms with Gasteiger partial charge in [-0.3, -0.25) is 24.6 Å². The molecule has 1 aromatic carbocycles. The monoisotopic (exact) mass is 449 g/mol. The molecule has 9 heteroatoms. The van der Waals surface area contributed by atoms with E-state index in [1.54, 1.807) is 0 Å². The van der Waals surface area contributed by atoms with Crippen LogP contribution in [0.3, 0.4) is 0 Å². The second-order valence-corrected chi connectivity index (χ2v) is 10.0. The summed E-state index contributed by atoms with van der Waals surface area (Å²) >= 11 is 11.9. The highest BCUT2D eigenvalue weighted by Gasteiger charge is 2.51. The molecule has 4 fully saturated rings. The maximum absolute atomic E-state index is 12.5. The highest BCUT2D eigenvalue weighted by molar-refractivity contribution is 6.43. The molecule has 4 bridgehead atoms. The number of hydrogen-bond acceptors (Lipinski definition) is 4. The SMILES string of the molecule is O=C(CN1C(=O)c2cc(Cl)c(Cl)cc2C1=O)NC(=O)NC12CC3CC(CC(C3)C1)C2. The Morgan fingerprint density at radius 1 is 0.933 bits per heavy atom. The number of fused-ring (bicyclic) bond motifs is 1. The number of carbonyl (C=O) groups is 4. The number of benzene rings is 1. The topological polar surface area (TPSA) is 95.6 Å². The Morgan fingerprint density at radius 2 is 1.40 bits per heavy atom. The molecule has 0 unspecified atom stereocenters. The van der Waals surface area contributed by atoms with E-state index in [0.717, 1.165) is 24.2 Å². The van der Waals surface area contributed by atoms with Crippen molar-refractivity contribution in [2.24, 2.45) is 17.8 Å². The smallest absolute Gasteiger partial charge is 0.321 e. The summed E-state index contributed by atoms with van der Waals surface area (Å²) in [5, 5.41) is 5.63. The average molecular weight is 450 g/mol. The first-order valence-electron chi connectivity index (χ1n) is 10.2. The summed E-state index contributed by atoms with van der Waals surface area (Å²) in [5.74, 6) is -0.0166. The zero-order valence-electron chi connectivity index (χ0n) is 16.2. The van der Waals surface area contributed by atoms with Gasteiger partial charge in [0.25, 0.3) is 11.8 Å². The Bertz CT molecular complexity index is 916. The molecule has 5 aliphatic rings. The highest BCUT2D eigenvalue weighted by Crippen LogP contribution is 2.55. The van der Waals surface area contributed by atoms with Gasteiger partial charge in [-0.25, -0.2) is 4.79 Å². The standard InChI is InChI=1S/C21H21Cl2N3O4/c22-15-4-13-14(5-16(15)23)19(29)26(18(13)28)9-17(27)24-20(30)25-21-6-10-1-11(7-21)3-12(2-10)8-21/h4-5,10-12H,1-3,6-9H2,(H2,24,25,27,30). The Balaban J connectivity index is 1.22. The third-order valence-corrected chi connectivity index (χ3v) is 7.71. The van der Waals surface area contributed by atoms with E-state index in [9.17, 15) is 19.2 Å². The van der Waals surface area contributed by atoms with Crippen LogP contribution in [0.4, 0.5) is 4.79 Å². The summed E-state index contributed by atoms with van der Waals surface area (Å²) < 4.78 is 0. The number of hydrogen-bond donors (Lipinski definition) is 2. The number of nitrogens with one attached hydrogen (secondary N) is 2. The molecule has 1 aliphatic heterocycles. The Kier molecular flexibility index (Phi) is 4.59. The van der Waals surface area contributed by atoms with E-state index in [-0.39, 0.29) is 26.7 Å². The van der Waals surface area contributed by atoms with E-state index in [4.69, 9.17) is 23.2 Å². The molecule has 30 heavy (non-hydrogen) atoms. The lowest BCUT2D eigenvalue weighted by atomic mass is 9.53. The first-order valence-corrected chi connectivity index (χ1v) is 11.0. The first-order chi connectivity index (χ1) is 14.2. The van der Waals surface area contributed by atoms with Crippen LogP contribution < -0.4 is 10.6 Å². The summed E-state index contributed by atoms with van der Waals surface area (Å²) in [5.41, 5.74) is -0.0391. The molecule has 0 saturated heterocycles. The predicted octanol–water partition coefficient (Wildman–Crippen LogP) is 3.38. The van der Waals surface area contributed by atoms with Gasteiger partial charge in [-0.05, 0) is 68.4 Å². The lowest BCUT2D eigenvalue weighted by molar-refractivity contribution is -0.120. The third-order valence-electron chi connectivity index (χ3n) is 6.98.